The van der Waals surface area contributed by atoms with Gasteiger partial charge in [0.2, 0.25) is 0 Å². The summed E-state index contributed by atoms with van der Waals surface area (Å²) in [5, 5.41) is 0. The molecule has 15 nitrogen and oxygen atoms in total. The number of carbonyl (C=O) groups excluding carboxylic acids is 3. The molecule has 0 N–H and O–H groups in total. The molecule has 352 valence electrons. The monoisotopic (exact) mass is 867 g/mol. The van der Waals surface area contributed by atoms with Crippen LogP contribution in [0.2, 0.25) is 0 Å². The smallest absolute Gasteiger partial charge is 0.320 e. The van der Waals surface area contributed by atoms with E-state index in [-0.39, 0.29) is 49.2 Å². The van der Waals surface area contributed by atoms with Crippen molar-refractivity contribution in [2.24, 2.45) is 0 Å². The van der Waals surface area contributed by atoms with Gasteiger partial charge < -0.3 is 37.9 Å². The fourth-order valence-corrected chi connectivity index (χ4v) is 6.51. The summed E-state index contributed by atoms with van der Waals surface area (Å²) in [5.74, 6) is -0.204. The van der Waals surface area contributed by atoms with Gasteiger partial charge in [0.25, 0.3) is 0 Å². The fourth-order valence-electron chi connectivity index (χ4n) is 6.51. The molecule has 0 aromatic heterocycles. The van der Waals surface area contributed by atoms with Crippen LogP contribution in [0, 0.1) is 0 Å². The van der Waals surface area contributed by atoms with Crippen LogP contribution in [0.25, 0.3) is 0 Å². The van der Waals surface area contributed by atoms with Crippen LogP contribution in [-0.2, 0) is 54.0 Å². The Hall–Kier alpha value is -2.89. The average molecular weight is 867 g/mol. The van der Waals surface area contributed by atoms with Gasteiger partial charge in [-0.15, -0.1) is 0 Å². The molecule has 1 heterocycles. The van der Waals surface area contributed by atoms with E-state index < -0.39 is 16.8 Å². The molecule has 0 bridgehead atoms. The standard InChI is InChI=1S/C46H82N4O11/c1-43(2,3)58-25-24-50-23-22-48(35-41(52)60-45(7,8)9)19-18-47(34-40(51)59-44(4,5)6)20-21-49(36-42(53)61-46(10,11)12)33-38(50)32-37-14-16-39(17-15-37)57-31-30-56-29-28-55-27-26-54-13/h14-17,38H,18-36H2,1-13H3/t38-/m1/s1. The predicted molar refractivity (Wildman–Crippen MR) is 237 cm³/mol. The van der Waals surface area contributed by atoms with Crippen molar-refractivity contribution in [2.45, 2.75) is 118 Å². The Balaban J connectivity index is 2.45. The molecule has 1 aliphatic heterocycles. The van der Waals surface area contributed by atoms with Crippen molar-refractivity contribution in [1.82, 2.24) is 19.6 Å². The van der Waals surface area contributed by atoms with Crippen LogP contribution in [0.4, 0.5) is 0 Å². The molecule has 0 radical (unpaired) electrons. The van der Waals surface area contributed by atoms with Crippen LogP contribution in [0.15, 0.2) is 24.3 Å². The molecule has 1 aliphatic rings. The number of benzene rings is 1. The van der Waals surface area contributed by atoms with Gasteiger partial charge in [0.15, 0.2) is 0 Å². The van der Waals surface area contributed by atoms with Crippen LogP contribution < -0.4 is 4.74 Å². The molecule has 61 heavy (non-hydrogen) atoms. The van der Waals surface area contributed by atoms with Gasteiger partial charge in [0, 0.05) is 65.5 Å². The molecule has 1 saturated heterocycles. The largest absolute Gasteiger partial charge is 0.491 e. The van der Waals surface area contributed by atoms with Crippen molar-refractivity contribution in [2.75, 3.05) is 125 Å². The van der Waals surface area contributed by atoms with Crippen molar-refractivity contribution in [1.29, 1.82) is 0 Å². The highest BCUT2D eigenvalue weighted by Crippen LogP contribution is 2.19. The molecule has 0 aliphatic carbocycles. The fraction of sp³-hybridized carbons (Fsp3) is 0.804. The zero-order chi connectivity index (χ0) is 45.7. The molecule has 1 aromatic carbocycles. The molecule has 0 saturated carbocycles. The number of esters is 3. The van der Waals surface area contributed by atoms with E-state index in [0.717, 1.165) is 11.3 Å². The van der Waals surface area contributed by atoms with Gasteiger partial charge in [-0.05, 0) is 107 Å². The highest BCUT2D eigenvalue weighted by molar-refractivity contribution is 5.73. The van der Waals surface area contributed by atoms with Crippen LogP contribution in [-0.4, -0.2) is 191 Å². The van der Waals surface area contributed by atoms with Gasteiger partial charge in [-0.25, -0.2) is 0 Å². The second-order valence-corrected chi connectivity index (χ2v) is 19.6. The lowest BCUT2D eigenvalue weighted by Crippen LogP contribution is -2.53. The van der Waals surface area contributed by atoms with E-state index in [1.165, 1.54) is 0 Å². The van der Waals surface area contributed by atoms with Crippen molar-refractivity contribution in [3.63, 3.8) is 0 Å². The molecule has 0 amide bonds. The number of ether oxygens (including phenoxy) is 8. The Morgan fingerprint density at radius 3 is 1.43 bits per heavy atom. The van der Waals surface area contributed by atoms with Crippen LogP contribution in [0.1, 0.15) is 88.6 Å². The molecular weight excluding hydrogens is 785 g/mol. The van der Waals surface area contributed by atoms with E-state index in [4.69, 9.17) is 37.9 Å². The van der Waals surface area contributed by atoms with E-state index >= 15 is 0 Å². The second-order valence-electron chi connectivity index (χ2n) is 19.6. The van der Waals surface area contributed by atoms with E-state index in [1.807, 2.05) is 100 Å². The molecule has 15 heteroatoms. The van der Waals surface area contributed by atoms with E-state index in [9.17, 15) is 14.4 Å². The maximum Gasteiger partial charge on any atom is 0.320 e. The summed E-state index contributed by atoms with van der Waals surface area (Å²) in [6.07, 6.45) is 0.667. The molecule has 1 fully saturated rings. The molecular formula is C46H82N4O11. The van der Waals surface area contributed by atoms with Crippen LogP contribution in [0.5, 0.6) is 5.75 Å². The SMILES string of the molecule is COCCOCCOCCOc1ccc(C[C@@H]2CN(CC(=O)OC(C)(C)C)CCN(CC(=O)OC(C)(C)C)CCN(CC(=O)OC(C)(C)C)CCN2CCOC(C)(C)C)cc1. The van der Waals surface area contributed by atoms with Crippen molar-refractivity contribution < 1.29 is 52.3 Å². The van der Waals surface area contributed by atoms with Crippen molar-refractivity contribution in [3.8, 4) is 5.75 Å². The first-order valence-corrected chi connectivity index (χ1v) is 22.0. The highest BCUT2D eigenvalue weighted by atomic mass is 16.6. The number of nitrogens with zero attached hydrogens (tertiary/aromatic N) is 4. The number of hydrogen-bond donors (Lipinski definition) is 0. The van der Waals surface area contributed by atoms with Crippen molar-refractivity contribution in [3.05, 3.63) is 29.8 Å². The Morgan fingerprint density at radius 1 is 0.541 bits per heavy atom. The number of rotatable bonds is 21. The Morgan fingerprint density at radius 2 is 0.967 bits per heavy atom. The van der Waals surface area contributed by atoms with Crippen molar-refractivity contribution >= 4 is 17.9 Å². The zero-order valence-corrected chi connectivity index (χ0v) is 40.1. The summed E-state index contributed by atoms with van der Waals surface area (Å²) < 4.78 is 45.6. The first-order chi connectivity index (χ1) is 28.4. The lowest BCUT2D eigenvalue weighted by atomic mass is 10.0. The number of carbonyl (C=O) groups is 3. The lowest BCUT2D eigenvalue weighted by molar-refractivity contribution is -0.158. The summed E-state index contributed by atoms with van der Waals surface area (Å²) in [6, 6.07) is 8.03. The summed E-state index contributed by atoms with van der Waals surface area (Å²) in [7, 11) is 1.64. The summed E-state index contributed by atoms with van der Waals surface area (Å²) in [6.45, 7) is 30.9. The van der Waals surface area contributed by atoms with Gasteiger partial charge in [-0.3, -0.25) is 34.0 Å². The number of methoxy groups -OCH3 is 1. The topological polar surface area (TPSA) is 138 Å². The van der Waals surface area contributed by atoms with Gasteiger partial charge in [-0.1, -0.05) is 12.1 Å². The molecule has 1 atom stereocenters. The van der Waals surface area contributed by atoms with Gasteiger partial charge in [0.1, 0.15) is 29.2 Å². The minimum atomic E-state index is -0.645. The Bertz CT molecular complexity index is 1400. The Kier molecular flexibility index (Phi) is 23.7. The predicted octanol–water partition coefficient (Wildman–Crippen LogP) is 4.72. The third kappa shape index (κ3) is 27.7. The third-order valence-corrected chi connectivity index (χ3v) is 9.08. The van der Waals surface area contributed by atoms with Crippen LogP contribution in [0.3, 0.4) is 0 Å². The molecule has 0 spiro atoms. The molecule has 1 aromatic rings. The first kappa shape index (κ1) is 54.2. The number of hydrogen-bond acceptors (Lipinski definition) is 15. The van der Waals surface area contributed by atoms with E-state index in [1.54, 1.807) is 7.11 Å². The van der Waals surface area contributed by atoms with E-state index in [2.05, 4.69) is 26.8 Å². The lowest BCUT2D eigenvalue weighted by Gasteiger charge is -2.39. The summed E-state index contributed by atoms with van der Waals surface area (Å²) in [4.78, 5) is 48.6. The minimum Gasteiger partial charge on any atom is -0.491 e. The first-order valence-electron chi connectivity index (χ1n) is 22.0. The maximum absolute atomic E-state index is 13.5. The van der Waals surface area contributed by atoms with E-state index in [0.29, 0.717) is 105 Å². The van der Waals surface area contributed by atoms with Gasteiger partial charge in [-0.2, -0.15) is 0 Å². The Labute approximate surface area is 367 Å². The van der Waals surface area contributed by atoms with Crippen LogP contribution >= 0.6 is 0 Å². The average Bonchev–Trinajstić information content (AvgIpc) is 3.10. The minimum absolute atomic E-state index is 0.0700. The molecule has 2 rings (SSSR count). The third-order valence-electron chi connectivity index (χ3n) is 9.08. The molecule has 0 unspecified atom stereocenters. The zero-order valence-electron chi connectivity index (χ0n) is 40.1. The van der Waals surface area contributed by atoms with Gasteiger partial charge in [0.05, 0.1) is 64.9 Å². The quantitative estimate of drug-likeness (QED) is 0.0957. The van der Waals surface area contributed by atoms with Gasteiger partial charge >= 0.3 is 17.9 Å². The summed E-state index contributed by atoms with van der Waals surface area (Å²) >= 11 is 0. The maximum atomic E-state index is 13.5. The second kappa shape index (κ2) is 26.7. The highest BCUT2D eigenvalue weighted by Gasteiger charge is 2.29. The normalized spacial score (nSPS) is 17.6. The summed E-state index contributed by atoms with van der Waals surface area (Å²) in [5.41, 5.74) is -1.14.